The number of hydrogen-bond donors (Lipinski definition) is 1. The summed E-state index contributed by atoms with van der Waals surface area (Å²) >= 11 is 0. The summed E-state index contributed by atoms with van der Waals surface area (Å²) in [6.07, 6.45) is 2.94. The van der Waals surface area contributed by atoms with Gasteiger partial charge < -0.3 is 10.2 Å². The summed E-state index contributed by atoms with van der Waals surface area (Å²) in [5.74, 6) is 0.950. The minimum atomic E-state index is 0.472. The number of anilines is 2. The van der Waals surface area contributed by atoms with Crippen LogP contribution in [-0.2, 0) is 0 Å². The topological polar surface area (TPSA) is 28.2 Å². The molecular formula is C11H19N3. The minimum absolute atomic E-state index is 0.472. The molecule has 0 aliphatic heterocycles. The van der Waals surface area contributed by atoms with Crippen molar-refractivity contribution in [3.05, 3.63) is 18.3 Å². The van der Waals surface area contributed by atoms with Crippen LogP contribution in [0.3, 0.4) is 0 Å². The second-order valence-electron chi connectivity index (χ2n) is 3.75. The summed E-state index contributed by atoms with van der Waals surface area (Å²) in [6, 6.07) is 4.54. The molecule has 0 radical (unpaired) electrons. The number of nitrogens with one attached hydrogen (secondary N) is 1. The largest absolute Gasteiger partial charge is 0.378 e. The highest BCUT2D eigenvalue weighted by molar-refractivity contribution is 5.53. The summed E-state index contributed by atoms with van der Waals surface area (Å²) in [4.78, 5) is 6.34. The Morgan fingerprint density at radius 2 is 2.21 bits per heavy atom. The summed E-state index contributed by atoms with van der Waals surface area (Å²) in [7, 11) is 4.06. The van der Waals surface area contributed by atoms with Crippen molar-refractivity contribution in [2.45, 2.75) is 26.3 Å². The van der Waals surface area contributed by atoms with Crippen molar-refractivity contribution < 1.29 is 0 Å². The fourth-order valence-corrected chi connectivity index (χ4v) is 1.13. The van der Waals surface area contributed by atoms with E-state index in [2.05, 4.69) is 35.1 Å². The van der Waals surface area contributed by atoms with Crippen molar-refractivity contribution in [1.82, 2.24) is 4.98 Å². The number of aromatic nitrogens is 1. The molecule has 0 fully saturated rings. The number of pyridine rings is 1. The first-order chi connectivity index (χ1) is 6.63. The van der Waals surface area contributed by atoms with Crippen molar-refractivity contribution >= 4 is 11.5 Å². The van der Waals surface area contributed by atoms with Crippen LogP contribution >= 0.6 is 0 Å². The van der Waals surface area contributed by atoms with Crippen LogP contribution in [0.4, 0.5) is 11.5 Å². The van der Waals surface area contributed by atoms with E-state index in [0.29, 0.717) is 6.04 Å². The van der Waals surface area contributed by atoms with Gasteiger partial charge in [0.05, 0.1) is 0 Å². The van der Waals surface area contributed by atoms with Gasteiger partial charge in [-0.3, -0.25) is 0 Å². The van der Waals surface area contributed by atoms with E-state index in [4.69, 9.17) is 0 Å². The maximum absolute atomic E-state index is 4.27. The van der Waals surface area contributed by atoms with E-state index >= 15 is 0 Å². The van der Waals surface area contributed by atoms with Crippen molar-refractivity contribution in [2.24, 2.45) is 0 Å². The molecule has 1 heterocycles. The first-order valence-corrected chi connectivity index (χ1v) is 5.03. The van der Waals surface area contributed by atoms with Crippen LogP contribution in [0.2, 0.25) is 0 Å². The molecule has 0 amide bonds. The number of nitrogens with zero attached hydrogens (tertiary/aromatic N) is 2. The minimum Gasteiger partial charge on any atom is -0.378 e. The quantitative estimate of drug-likeness (QED) is 0.795. The van der Waals surface area contributed by atoms with Crippen LogP contribution < -0.4 is 10.2 Å². The molecule has 1 rings (SSSR count). The van der Waals surface area contributed by atoms with E-state index in [-0.39, 0.29) is 0 Å². The van der Waals surface area contributed by atoms with Gasteiger partial charge in [-0.25, -0.2) is 4.98 Å². The average Bonchev–Trinajstić information content (AvgIpc) is 2.18. The molecular weight excluding hydrogens is 174 g/mol. The zero-order chi connectivity index (χ0) is 10.6. The van der Waals surface area contributed by atoms with Crippen molar-refractivity contribution in [2.75, 3.05) is 24.3 Å². The molecule has 78 valence electrons. The smallest absolute Gasteiger partial charge is 0.128 e. The summed E-state index contributed by atoms with van der Waals surface area (Å²) in [6.45, 7) is 4.32. The van der Waals surface area contributed by atoms with Gasteiger partial charge in [0.15, 0.2) is 0 Å². The Labute approximate surface area is 86.2 Å². The lowest BCUT2D eigenvalue weighted by molar-refractivity contribution is 0.759. The molecule has 0 spiro atoms. The van der Waals surface area contributed by atoms with E-state index in [0.717, 1.165) is 12.2 Å². The zero-order valence-corrected chi connectivity index (χ0v) is 9.41. The predicted octanol–water partition coefficient (Wildman–Crippen LogP) is 2.36. The van der Waals surface area contributed by atoms with Gasteiger partial charge in [-0.2, -0.15) is 0 Å². The molecule has 1 N–H and O–H groups in total. The fraction of sp³-hybridized carbons (Fsp3) is 0.545. The average molecular weight is 193 g/mol. The van der Waals surface area contributed by atoms with Crippen LogP contribution in [-0.4, -0.2) is 25.1 Å². The predicted molar refractivity (Wildman–Crippen MR) is 61.9 cm³/mol. The number of hydrogen-bond acceptors (Lipinski definition) is 3. The Bertz CT molecular complexity index is 284. The lowest BCUT2D eigenvalue weighted by atomic mass is 10.2. The van der Waals surface area contributed by atoms with E-state index < -0.39 is 0 Å². The SMILES string of the molecule is CCC(C)Nc1cc(N(C)C)ccn1. The second kappa shape index (κ2) is 4.84. The third-order valence-electron chi connectivity index (χ3n) is 2.27. The summed E-state index contributed by atoms with van der Waals surface area (Å²) in [5, 5.41) is 3.35. The summed E-state index contributed by atoms with van der Waals surface area (Å²) in [5.41, 5.74) is 1.17. The van der Waals surface area contributed by atoms with Crippen molar-refractivity contribution in [3.63, 3.8) is 0 Å². The maximum atomic E-state index is 4.27. The molecule has 1 atom stereocenters. The van der Waals surface area contributed by atoms with Gasteiger partial charge in [-0.15, -0.1) is 0 Å². The van der Waals surface area contributed by atoms with Gasteiger partial charge in [0, 0.05) is 38.1 Å². The molecule has 1 aromatic rings. The highest BCUT2D eigenvalue weighted by Gasteiger charge is 2.01. The van der Waals surface area contributed by atoms with E-state index in [1.807, 2.05) is 26.4 Å². The molecule has 0 saturated carbocycles. The lowest BCUT2D eigenvalue weighted by Crippen LogP contribution is -2.15. The Hall–Kier alpha value is -1.25. The van der Waals surface area contributed by atoms with Crippen LogP contribution in [0.1, 0.15) is 20.3 Å². The third-order valence-corrected chi connectivity index (χ3v) is 2.27. The molecule has 1 unspecified atom stereocenters. The van der Waals surface area contributed by atoms with Gasteiger partial charge in [-0.1, -0.05) is 6.92 Å². The normalized spacial score (nSPS) is 12.3. The molecule has 0 saturated heterocycles. The fourth-order valence-electron chi connectivity index (χ4n) is 1.13. The highest BCUT2D eigenvalue weighted by atomic mass is 15.1. The monoisotopic (exact) mass is 193 g/mol. The standard InChI is InChI=1S/C11H19N3/c1-5-9(2)13-11-8-10(14(3)4)6-7-12-11/h6-9H,5H2,1-4H3,(H,12,13). The van der Waals surface area contributed by atoms with Crippen LogP contribution in [0, 0.1) is 0 Å². The maximum Gasteiger partial charge on any atom is 0.128 e. The van der Waals surface area contributed by atoms with Gasteiger partial charge >= 0.3 is 0 Å². The zero-order valence-electron chi connectivity index (χ0n) is 9.41. The lowest BCUT2D eigenvalue weighted by Gasteiger charge is -2.16. The van der Waals surface area contributed by atoms with E-state index in [1.54, 1.807) is 0 Å². The molecule has 0 bridgehead atoms. The second-order valence-corrected chi connectivity index (χ2v) is 3.75. The van der Waals surface area contributed by atoms with Gasteiger partial charge in [0.25, 0.3) is 0 Å². The van der Waals surface area contributed by atoms with Crippen molar-refractivity contribution in [3.8, 4) is 0 Å². The molecule has 0 aromatic carbocycles. The molecule has 1 aromatic heterocycles. The highest BCUT2D eigenvalue weighted by Crippen LogP contribution is 2.15. The Kier molecular flexibility index (Phi) is 3.74. The van der Waals surface area contributed by atoms with Gasteiger partial charge in [0.2, 0.25) is 0 Å². The van der Waals surface area contributed by atoms with E-state index in [9.17, 15) is 0 Å². The Balaban J connectivity index is 2.73. The number of rotatable bonds is 4. The molecule has 0 aliphatic rings. The first kappa shape index (κ1) is 10.8. The molecule has 14 heavy (non-hydrogen) atoms. The Morgan fingerprint density at radius 1 is 1.50 bits per heavy atom. The third kappa shape index (κ3) is 2.91. The van der Waals surface area contributed by atoms with Gasteiger partial charge in [-0.05, 0) is 19.4 Å². The van der Waals surface area contributed by atoms with Gasteiger partial charge in [0.1, 0.15) is 5.82 Å². The van der Waals surface area contributed by atoms with E-state index in [1.165, 1.54) is 5.69 Å². The summed E-state index contributed by atoms with van der Waals surface area (Å²) < 4.78 is 0. The Morgan fingerprint density at radius 3 is 2.79 bits per heavy atom. The van der Waals surface area contributed by atoms with Crippen LogP contribution in [0.15, 0.2) is 18.3 Å². The molecule has 3 heteroatoms. The molecule has 3 nitrogen and oxygen atoms in total. The first-order valence-electron chi connectivity index (χ1n) is 5.03. The van der Waals surface area contributed by atoms with Crippen molar-refractivity contribution in [1.29, 1.82) is 0 Å². The molecule has 0 aliphatic carbocycles. The van der Waals surface area contributed by atoms with Crippen LogP contribution in [0.25, 0.3) is 0 Å². The van der Waals surface area contributed by atoms with Crippen LogP contribution in [0.5, 0.6) is 0 Å².